The molecule has 17 heavy (non-hydrogen) atoms. The predicted octanol–water partition coefficient (Wildman–Crippen LogP) is 2.64. The van der Waals surface area contributed by atoms with E-state index in [0.29, 0.717) is 22.9 Å². The van der Waals surface area contributed by atoms with Crippen LogP contribution in [0.5, 0.6) is 11.6 Å². The first-order chi connectivity index (χ1) is 8.17. The molecule has 0 atom stereocenters. The zero-order valence-electron chi connectivity index (χ0n) is 9.34. The number of rotatable bonds is 2. The van der Waals surface area contributed by atoms with Gasteiger partial charge in [0.25, 0.3) is 0 Å². The Morgan fingerprint density at radius 2 is 2.12 bits per heavy atom. The monoisotopic (exact) mass is 225 g/mol. The van der Waals surface area contributed by atoms with Gasteiger partial charge in [-0.15, -0.1) is 0 Å². The molecule has 0 saturated carbocycles. The number of benzene rings is 1. The molecule has 84 valence electrons. The molecule has 0 saturated heterocycles. The summed E-state index contributed by atoms with van der Waals surface area (Å²) >= 11 is 0. The molecule has 2 rings (SSSR count). The van der Waals surface area contributed by atoms with Gasteiger partial charge in [0.2, 0.25) is 5.88 Å². The van der Waals surface area contributed by atoms with Crippen LogP contribution in [0.1, 0.15) is 11.3 Å². The summed E-state index contributed by atoms with van der Waals surface area (Å²) < 4.78 is 5.54. The molecule has 0 fully saturated rings. The Bertz CT molecular complexity index is 587. The topological polar surface area (TPSA) is 71.9 Å². The molecule has 0 aliphatic rings. The minimum absolute atomic E-state index is 0.465. The van der Waals surface area contributed by atoms with Crippen LogP contribution in [0.25, 0.3) is 0 Å². The van der Waals surface area contributed by atoms with E-state index < -0.39 is 0 Å². The van der Waals surface area contributed by atoms with E-state index in [4.69, 9.17) is 15.7 Å². The smallest absolute Gasteiger partial charge is 0.219 e. The summed E-state index contributed by atoms with van der Waals surface area (Å²) in [4.78, 5) is 4.21. The molecule has 4 heteroatoms. The van der Waals surface area contributed by atoms with Gasteiger partial charge in [0.05, 0.1) is 11.6 Å². The van der Waals surface area contributed by atoms with Crippen LogP contribution in [-0.4, -0.2) is 4.98 Å². The fourth-order valence-corrected chi connectivity index (χ4v) is 1.44. The highest BCUT2D eigenvalue weighted by molar-refractivity contribution is 5.51. The first kappa shape index (κ1) is 11.0. The summed E-state index contributed by atoms with van der Waals surface area (Å²) in [6.45, 7) is 1.88. The zero-order valence-corrected chi connectivity index (χ0v) is 9.34. The first-order valence-electron chi connectivity index (χ1n) is 5.09. The second-order valence-electron chi connectivity index (χ2n) is 3.62. The third kappa shape index (κ3) is 2.73. The highest BCUT2D eigenvalue weighted by atomic mass is 16.5. The van der Waals surface area contributed by atoms with Gasteiger partial charge in [-0.2, -0.15) is 5.26 Å². The molecule has 0 aliphatic carbocycles. The lowest BCUT2D eigenvalue weighted by Crippen LogP contribution is -1.92. The Balaban J connectivity index is 2.30. The first-order valence-corrected chi connectivity index (χ1v) is 5.09. The minimum Gasteiger partial charge on any atom is -0.439 e. The minimum atomic E-state index is 0.465. The van der Waals surface area contributed by atoms with Gasteiger partial charge in [-0.1, -0.05) is 6.07 Å². The molecule has 0 spiro atoms. The van der Waals surface area contributed by atoms with Crippen molar-refractivity contribution in [3.05, 3.63) is 47.7 Å². The number of nitriles is 1. The maximum Gasteiger partial charge on any atom is 0.219 e. The van der Waals surface area contributed by atoms with Crippen LogP contribution in [0, 0.1) is 18.3 Å². The van der Waals surface area contributed by atoms with E-state index >= 15 is 0 Å². The maximum absolute atomic E-state index is 8.82. The lowest BCUT2D eigenvalue weighted by atomic mass is 10.2. The summed E-state index contributed by atoms with van der Waals surface area (Å²) in [5, 5.41) is 8.82. The van der Waals surface area contributed by atoms with Crippen LogP contribution in [0.15, 0.2) is 36.4 Å². The number of nitrogens with two attached hydrogens (primary N) is 1. The van der Waals surface area contributed by atoms with E-state index in [1.807, 2.05) is 25.1 Å². The highest BCUT2D eigenvalue weighted by Crippen LogP contribution is 2.23. The number of ether oxygens (including phenoxy) is 1. The lowest BCUT2D eigenvalue weighted by molar-refractivity contribution is 0.462. The molecule has 1 aromatic carbocycles. The van der Waals surface area contributed by atoms with Crippen LogP contribution in [0.3, 0.4) is 0 Å². The summed E-state index contributed by atoms with van der Waals surface area (Å²) in [6, 6.07) is 12.4. The quantitative estimate of drug-likeness (QED) is 0.797. The van der Waals surface area contributed by atoms with E-state index in [1.54, 1.807) is 24.3 Å². The molecule has 2 N–H and O–H groups in total. The van der Waals surface area contributed by atoms with Crippen molar-refractivity contribution in [1.82, 2.24) is 4.98 Å². The molecule has 2 aromatic rings. The van der Waals surface area contributed by atoms with Gasteiger partial charge < -0.3 is 10.5 Å². The maximum atomic E-state index is 8.82. The SMILES string of the molecule is Cc1cccc(Oc2cc(N)cc(C#N)c2)n1. The van der Waals surface area contributed by atoms with Gasteiger partial charge in [0.15, 0.2) is 0 Å². The van der Waals surface area contributed by atoms with Crippen molar-refractivity contribution in [3.8, 4) is 17.7 Å². The van der Waals surface area contributed by atoms with Gasteiger partial charge in [-0.3, -0.25) is 0 Å². The average molecular weight is 225 g/mol. The summed E-state index contributed by atoms with van der Waals surface area (Å²) in [7, 11) is 0. The number of hydrogen-bond acceptors (Lipinski definition) is 4. The van der Waals surface area contributed by atoms with Gasteiger partial charge in [0.1, 0.15) is 5.75 Å². The van der Waals surface area contributed by atoms with Gasteiger partial charge >= 0.3 is 0 Å². The molecule has 0 bridgehead atoms. The zero-order chi connectivity index (χ0) is 12.3. The lowest BCUT2D eigenvalue weighted by Gasteiger charge is -2.06. The molecule has 0 unspecified atom stereocenters. The summed E-state index contributed by atoms with van der Waals surface area (Å²) in [5.74, 6) is 0.999. The fourth-order valence-electron chi connectivity index (χ4n) is 1.44. The Kier molecular flexibility index (Phi) is 2.93. The normalized spacial score (nSPS) is 9.65. The van der Waals surface area contributed by atoms with Gasteiger partial charge in [-0.05, 0) is 25.1 Å². The number of nitrogen functional groups attached to an aromatic ring is 1. The van der Waals surface area contributed by atoms with Crippen molar-refractivity contribution in [2.75, 3.05) is 5.73 Å². The van der Waals surface area contributed by atoms with Crippen LogP contribution in [0.4, 0.5) is 5.69 Å². The van der Waals surface area contributed by atoms with Crippen LogP contribution >= 0.6 is 0 Å². The predicted molar refractivity (Wildman–Crippen MR) is 64.6 cm³/mol. The highest BCUT2D eigenvalue weighted by Gasteiger charge is 2.02. The Labute approximate surface area is 99.3 Å². The number of anilines is 1. The van der Waals surface area contributed by atoms with Crippen LogP contribution in [-0.2, 0) is 0 Å². The fraction of sp³-hybridized carbons (Fsp3) is 0.0769. The molecular formula is C13H11N3O. The van der Waals surface area contributed by atoms with Gasteiger partial charge in [0, 0.05) is 23.5 Å². The second-order valence-corrected chi connectivity index (χ2v) is 3.62. The van der Waals surface area contributed by atoms with Crippen LogP contribution < -0.4 is 10.5 Å². The molecule has 0 amide bonds. The van der Waals surface area contributed by atoms with Crippen molar-refractivity contribution < 1.29 is 4.74 Å². The standard InChI is InChI=1S/C13H11N3O/c1-9-3-2-4-13(16-9)17-12-6-10(8-14)5-11(15)7-12/h2-7H,15H2,1H3. The second kappa shape index (κ2) is 4.54. The van der Waals surface area contributed by atoms with Crippen molar-refractivity contribution in [2.45, 2.75) is 6.92 Å². The molecular weight excluding hydrogens is 214 g/mol. The summed E-state index contributed by atoms with van der Waals surface area (Å²) in [6.07, 6.45) is 0. The largest absolute Gasteiger partial charge is 0.439 e. The molecule has 4 nitrogen and oxygen atoms in total. The van der Waals surface area contributed by atoms with Crippen molar-refractivity contribution in [1.29, 1.82) is 5.26 Å². The van der Waals surface area contributed by atoms with E-state index in [9.17, 15) is 0 Å². The van der Waals surface area contributed by atoms with E-state index in [-0.39, 0.29) is 0 Å². The number of nitrogens with zero attached hydrogens (tertiary/aromatic N) is 2. The van der Waals surface area contributed by atoms with E-state index in [2.05, 4.69) is 4.98 Å². The molecule has 1 heterocycles. The van der Waals surface area contributed by atoms with Gasteiger partial charge in [-0.25, -0.2) is 4.98 Å². The van der Waals surface area contributed by atoms with Crippen molar-refractivity contribution in [3.63, 3.8) is 0 Å². The molecule has 0 aliphatic heterocycles. The third-order valence-electron chi connectivity index (χ3n) is 2.14. The summed E-state index contributed by atoms with van der Waals surface area (Å²) in [5.41, 5.74) is 7.49. The molecule has 0 radical (unpaired) electrons. The number of pyridine rings is 1. The molecule has 1 aromatic heterocycles. The number of aryl methyl sites for hydroxylation is 1. The Hall–Kier alpha value is -2.54. The Morgan fingerprint density at radius 3 is 2.82 bits per heavy atom. The van der Waals surface area contributed by atoms with E-state index in [0.717, 1.165) is 5.69 Å². The number of hydrogen-bond donors (Lipinski definition) is 1. The van der Waals surface area contributed by atoms with E-state index in [1.165, 1.54) is 0 Å². The van der Waals surface area contributed by atoms with Crippen molar-refractivity contribution >= 4 is 5.69 Å². The average Bonchev–Trinajstić information content (AvgIpc) is 2.28. The third-order valence-corrected chi connectivity index (χ3v) is 2.14. The van der Waals surface area contributed by atoms with Crippen LogP contribution in [0.2, 0.25) is 0 Å². The Morgan fingerprint density at radius 1 is 1.29 bits per heavy atom. The van der Waals surface area contributed by atoms with Crippen molar-refractivity contribution in [2.24, 2.45) is 0 Å². The number of aromatic nitrogens is 1.